The molecule has 0 unspecified atom stereocenters. The predicted octanol–water partition coefficient (Wildman–Crippen LogP) is 2.54. The van der Waals surface area contributed by atoms with Gasteiger partial charge in [-0.3, -0.25) is 0 Å². The highest BCUT2D eigenvalue weighted by Crippen LogP contribution is 2.31. The Kier molecular flexibility index (Phi) is 3.93. The molecule has 0 bridgehead atoms. The van der Waals surface area contributed by atoms with E-state index in [-0.39, 0.29) is 12.0 Å². The zero-order valence-electron chi connectivity index (χ0n) is 11.5. The lowest BCUT2D eigenvalue weighted by Crippen LogP contribution is -2.50. The number of aliphatic hydroxyl groups is 1. The molecule has 0 saturated carbocycles. The molecular weight excluding hydrogens is 226 g/mol. The summed E-state index contributed by atoms with van der Waals surface area (Å²) in [5, 5.41) is 13.0. The maximum atomic E-state index is 9.44. The number of hydrogen-bond acceptors (Lipinski definition) is 3. The number of benzene rings is 1. The molecule has 1 heterocycles. The molecule has 1 aliphatic heterocycles. The maximum Gasteiger partial charge on any atom is 0.0584 e. The lowest BCUT2D eigenvalue weighted by molar-refractivity contribution is -0.128. The normalized spacial score (nSPS) is 17.6. The third-order valence-corrected chi connectivity index (χ3v) is 3.72. The fraction of sp³-hybridized carbons (Fsp3) is 0.600. The molecule has 18 heavy (non-hydrogen) atoms. The summed E-state index contributed by atoms with van der Waals surface area (Å²) in [4.78, 5) is 0. The maximum absolute atomic E-state index is 9.44. The molecule has 1 aromatic carbocycles. The highest BCUT2D eigenvalue weighted by atomic mass is 16.5. The van der Waals surface area contributed by atoms with Gasteiger partial charge in [0, 0.05) is 12.2 Å². The number of anilines is 1. The molecule has 1 saturated heterocycles. The smallest absolute Gasteiger partial charge is 0.0584 e. The van der Waals surface area contributed by atoms with Crippen molar-refractivity contribution >= 4 is 5.69 Å². The van der Waals surface area contributed by atoms with E-state index >= 15 is 0 Å². The summed E-state index contributed by atoms with van der Waals surface area (Å²) in [6, 6.07) is 6.39. The van der Waals surface area contributed by atoms with Crippen molar-refractivity contribution in [3.63, 3.8) is 0 Å². The molecule has 0 aromatic heterocycles. The van der Waals surface area contributed by atoms with Gasteiger partial charge in [0.15, 0.2) is 0 Å². The van der Waals surface area contributed by atoms with Gasteiger partial charge in [0.05, 0.1) is 25.2 Å². The minimum absolute atomic E-state index is 0.0868. The van der Waals surface area contributed by atoms with Crippen LogP contribution in [-0.4, -0.2) is 31.5 Å². The Morgan fingerprint density at radius 1 is 1.39 bits per heavy atom. The van der Waals surface area contributed by atoms with Crippen molar-refractivity contribution in [2.24, 2.45) is 5.41 Å². The van der Waals surface area contributed by atoms with Gasteiger partial charge in [0.2, 0.25) is 0 Å². The van der Waals surface area contributed by atoms with Crippen LogP contribution in [0.5, 0.6) is 0 Å². The van der Waals surface area contributed by atoms with E-state index in [2.05, 4.69) is 44.3 Å². The van der Waals surface area contributed by atoms with Crippen LogP contribution in [0.15, 0.2) is 18.2 Å². The standard InChI is InChI=1S/C15H23NO2/c1-11(2)13-6-4-5-12(3)14(13)16-7-15(8-17)9-18-10-15/h4-6,11,16-17H,7-10H2,1-3H3. The van der Waals surface area contributed by atoms with Crippen molar-refractivity contribution in [2.45, 2.75) is 26.7 Å². The van der Waals surface area contributed by atoms with E-state index < -0.39 is 0 Å². The minimum atomic E-state index is -0.0868. The van der Waals surface area contributed by atoms with E-state index in [1.54, 1.807) is 0 Å². The quantitative estimate of drug-likeness (QED) is 0.842. The molecule has 100 valence electrons. The Hall–Kier alpha value is -1.06. The highest BCUT2D eigenvalue weighted by Gasteiger charge is 2.38. The van der Waals surface area contributed by atoms with Gasteiger partial charge in [-0.1, -0.05) is 32.0 Å². The molecule has 0 spiro atoms. The van der Waals surface area contributed by atoms with E-state index in [1.165, 1.54) is 16.8 Å². The first-order valence-electron chi connectivity index (χ1n) is 6.60. The summed E-state index contributed by atoms with van der Waals surface area (Å²) in [6.07, 6.45) is 0. The molecule has 1 aliphatic rings. The molecule has 2 N–H and O–H groups in total. The van der Waals surface area contributed by atoms with E-state index in [1.807, 2.05) is 0 Å². The second-order valence-electron chi connectivity index (χ2n) is 5.70. The van der Waals surface area contributed by atoms with Gasteiger partial charge >= 0.3 is 0 Å². The van der Waals surface area contributed by atoms with Crippen LogP contribution in [-0.2, 0) is 4.74 Å². The summed E-state index contributed by atoms with van der Waals surface area (Å²) in [5.74, 6) is 0.495. The molecule has 0 amide bonds. The Balaban J connectivity index is 2.13. The summed E-state index contributed by atoms with van der Waals surface area (Å²) >= 11 is 0. The number of ether oxygens (including phenoxy) is 1. The second-order valence-corrected chi connectivity index (χ2v) is 5.70. The van der Waals surface area contributed by atoms with Gasteiger partial charge in [-0.05, 0) is 24.0 Å². The first-order valence-corrected chi connectivity index (χ1v) is 6.60. The van der Waals surface area contributed by atoms with E-state index in [0.29, 0.717) is 19.1 Å². The molecule has 3 nitrogen and oxygen atoms in total. The summed E-state index contributed by atoms with van der Waals surface area (Å²) in [7, 11) is 0. The van der Waals surface area contributed by atoms with Crippen molar-refractivity contribution in [3.8, 4) is 0 Å². The SMILES string of the molecule is Cc1cccc(C(C)C)c1NCC1(CO)COC1. The first-order chi connectivity index (χ1) is 8.58. The third-order valence-electron chi connectivity index (χ3n) is 3.72. The van der Waals surface area contributed by atoms with Gasteiger partial charge in [0.1, 0.15) is 0 Å². The van der Waals surface area contributed by atoms with Gasteiger partial charge in [-0.15, -0.1) is 0 Å². The fourth-order valence-electron chi connectivity index (χ4n) is 2.33. The highest BCUT2D eigenvalue weighted by molar-refractivity contribution is 5.58. The van der Waals surface area contributed by atoms with Crippen molar-refractivity contribution in [2.75, 3.05) is 31.7 Å². The number of aryl methyl sites for hydroxylation is 1. The molecule has 2 rings (SSSR count). The molecule has 1 aromatic rings. The van der Waals surface area contributed by atoms with Crippen LogP contribution in [0.3, 0.4) is 0 Å². The van der Waals surface area contributed by atoms with Crippen LogP contribution in [0.25, 0.3) is 0 Å². The van der Waals surface area contributed by atoms with Crippen molar-refractivity contribution in [1.82, 2.24) is 0 Å². The molecule has 0 atom stereocenters. The first kappa shape index (κ1) is 13.4. The van der Waals surface area contributed by atoms with Gasteiger partial charge in [-0.25, -0.2) is 0 Å². The second kappa shape index (κ2) is 5.29. The monoisotopic (exact) mass is 249 g/mol. The molecule has 0 aliphatic carbocycles. The van der Waals surface area contributed by atoms with E-state index in [9.17, 15) is 5.11 Å². The van der Waals surface area contributed by atoms with Crippen molar-refractivity contribution in [3.05, 3.63) is 29.3 Å². The molecule has 3 heteroatoms. The third kappa shape index (κ3) is 2.52. The van der Waals surface area contributed by atoms with Crippen LogP contribution in [0.4, 0.5) is 5.69 Å². The number of nitrogens with one attached hydrogen (secondary N) is 1. The zero-order valence-corrected chi connectivity index (χ0v) is 11.5. The number of rotatable bonds is 5. The Bertz CT molecular complexity index is 405. The molecule has 1 fully saturated rings. The van der Waals surface area contributed by atoms with Gasteiger partial charge in [-0.2, -0.15) is 0 Å². The largest absolute Gasteiger partial charge is 0.396 e. The lowest BCUT2D eigenvalue weighted by Gasteiger charge is -2.40. The molecule has 0 radical (unpaired) electrons. The Labute approximate surface area is 109 Å². The lowest BCUT2D eigenvalue weighted by atomic mass is 9.86. The van der Waals surface area contributed by atoms with E-state index in [4.69, 9.17) is 4.74 Å². The summed E-state index contributed by atoms with van der Waals surface area (Å²) in [6.45, 7) is 8.79. The average molecular weight is 249 g/mol. The fourth-order valence-corrected chi connectivity index (χ4v) is 2.33. The van der Waals surface area contributed by atoms with Crippen LogP contribution in [0.2, 0.25) is 0 Å². The van der Waals surface area contributed by atoms with Crippen molar-refractivity contribution < 1.29 is 9.84 Å². The van der Waals surface area contributed by atoms with Gasteiger partial charge in [0.25, 0.3) is 0 Å². The van der Waals surface area contributed by atoms with Gasteiger partial charge < -0.3 is 15.2 Å². The van der Waals surface area contributed by atoms with E-state index in [0.717, 1.165) is 6.54 Å². The van der Waals surface area contributed by atoms with Crippen LogP contribution in [0.1, 0.15) is 30.9 Å². The summed E-state index contributed by atoms with van der Waals surface area (Å²) in [5.41, 5.74) is 3.72. The Morgan fingerprint density at radius 2 is 2.11 bits per heavy atom. The molecular formula is C15H23NO2. The Morgan fingerprint density at radius 3 is 2.61 bits per heavy atom. The topological polar surface area (TPSA) is 41.5 Å². The number of para-hydroxylation sites is 1. The van der Waals surface area contributed by atoms with Crippen LogP contribution >= 0.6 is 0 Å². The number of aliphatic hydroxyl groups excluding tert-OH is 1. The zero-order chi connectivity index (χ0) is 13.2. The van der Waals surface area contributed by atoms with Crippen molar-refractivity contribution in [1.29, 1.82) is 0 Å². The summed E-state index contributed by atoms with van der Waals surface area (Å²) < 4.78 is 5.23. The average Bonchev–Trinajstić information content (AvgIpc) is 2.29. The minimum Gasteiger partial charge on any atom is -0.396 e. The van der Waals surface area contributed by atoms with Crippen LogP contribution < -0.4 is 5.32 Å². The number of hydrogen-bond donors (Lipinski definition) is 2. The van der Waals surface area contributed by atoms with Crippen LogP contribution in [0, 0.1) is 12.3 Å². The predicted molar refractivity (Wildman–Crippen MR) is 74.1 cm³/mol.